The van der Waals surface area contributed by atoms with Crippen molar-refractivity contribution >= 4 is 27.5 Å². The summed E-state index contributed by atoms with van der Waals surface area (Å²) in [5.74, 6) is -1.37. The van der Waals surface area contributed by atoms with E-state index in [-0.39, 0.29) is 24.4 Å². The second-order valence-corrected chi connectivity index (χ2v) is 9.16. The first-order valence-electron chi connectivity index (χ1n) is 9.03. The van der Waals surface area contributed by atoms with Crippen LogP contribution < -0.4 is 0 Å². The van der Waals surface area contributed by atoms with Gasteiger partial charge >= 0.3 is 0 Å². The van der Waals surface area contributed by atoms with Gasteiger partial charge in [-0.15, -0.1) is 0 Å². The molecule has 3 saturated heterocycles. The number of hydrogen-bond acceptors (Lipinski definition) is 6. The molecule has 0 aromatic heterocycles. The summed E-state index contributed by atoms with van der Waals surface area (Å²) in [7, 11) is 0. The van der Waals surface area contributed by atoms with Crippen molar-refractivity contribution in [3.05, 3.63) is 33.3 Å². The predicted molar refractivity (Wildman–Crippen MR) is 101 cm³/mol. The van der Waals surface area contributed by atoms with Crippen molar-refractivity contribution in [3.8, 4) is 0 Å². The topological polar surface area (TPSA) is 55.4 Å². The molecule has 0 unspecified atom stereocenters. The minimum atomic E-state index is -0.721. The highest BCUT2D eigenvalue weighted by Gasteiger charge is 2.58. The molecule has 0 spiro atoms. The summed E-state index contributed by atoms with van der Waals surface area (Å²) < 4.78 is 36.9. The van der Waals surface area contributed by atoms with Gasteiger partial charge in [0.1, 0.15) is 24.4 Å². The molecular weight excluding hydrogens is 440 g/mol. The average molecular weight is 464 g/mol. The lowest BCUT2D eigenvalue weighted by molar-refractivity contribution is -0.236. The molecule has 0 bridgehead atoms. The Labute approximate surface area is 172 Å². The van der Waals surface area contributed by atoms with E-state index in [9.17, 15) is 0 Å². The van der Waals surface area contributed by atoms with Crippen molar-refractivity contribution in [3.63, 3.8) is 0 Å². The maximum atomic E-state index is 6.38. The maximum Gasteiger partial charge on any atom is 0.190 e. The summed E-state index contributed by atoms with van der Waals surface area (Å²) in [6, 6.07) is 5.75. The molecule has 4 rings (SSSR count). The minimum absolute atomic E-state index is 0.260. The third-order valence-corrected chi connectivity index (χ3v) is 6.22. The Morgan fingerprint density at radius 1 is 1.11 bits per heavy atom. The monoisotopic (exact) mass is 462 g/mol. The number of rotatable bonds is 4. The van der Waals surface area contributed by atoms with Crippen LogP contribution in [0.3, 0.4) is 0 Å². The van der Waals surface area contributed by atoms with Crippen molar-refractivity contribution in [2.24, 2.45) is 0 Å². The SMILES string of the molecule is CC1(C)O[C@H]2O[C@H]([C@H]3COC(C)(C)O3)[C@H](OCc3cccc(Br)c3Cl)[C@H]2O1. The van der Waals surface area contributed by atoms with Crippen LogP contribution in [-0.2, 0) is 35.0 Å². The molecule has 3 aliphatic heterocycles. The second kappa shape index (κ2) is 7.22. The van der Waals surface area contributed by atoms with Crippen molar-refractivity contribution in [1.82, 2.24) is 0 Å². The fraction of sp³-hybridized carbons (Fsp3) is 0.684. The zero-order valence-electron chi connectivity index (χ0n) is 15.7. The Bertz CT molecular complexity index is 711. The van der Waals surface area contributed by atoms with E-state index in [2.05, 4.69) is 15.9 Å². The molecule has 3 fully saturated rings. The third-order valence-electron chi connectivity index (χ3n) is 4.89. The van der Waals surface area contributed by atoms with Crippen molar-refractivity contribution in [2.75, 3.05) is 6.61 Å². The van der Waals surface area contributed by atoms with Crippen LogP contribution in [0.5, 0.6) is 0 Å². The van der Waals surface area contributed by atoms with Gasteiger partial charge in [-0.2, -0.15) is 0 Å². The molecule has 0 aliphatic carbocycles. The third kappa shape index (κ3) is 4.07. The summed E-state index contributed by atoms with van der Waals surface area (Å²) in [6.45, 7) is 8.26. The Balaban J connectivity index is 1.52. The minimum Gasteiger partial charge on any atom is -0.368 e. The molecule has 27 heavy (non-hydrogen) atoms. The average Bonchev–Trinajstić information content (AvgIpc) is 3.18. The van der Waals surface area contributed by atoms with Gasteiger partial charge in [0.25, 0.3) is 0 Å². The van der Waals surface area contributed by atoms with Crippen LogP contribution in [0.15, 0.2) is 22.7 Å². The summed E-state index contributed by atoms with van der Waals surface area (Å²) in [4.78, 5) is 0. The molecule has 0 N–H and O–H groups in total. The molecule has 3 heterocycles. The van der Waals surface area contributed by atoms with Crippen LogP contribution in [0.25, 0.3) is 0 Å². The highest BCUT2D eigenvalue weighted by atomic mass is 79.9. The molecule has 8 heteroatoms. The number of hydrogen-bond donors (Lipinski definition) is 0. The zero-order valence-corrected chi connectivity index (χ0v) is 18.1. The summed E-state index contributed by atoms with van der Waals surface area (Å²) in [5.41, 5.74) is 0.885. The lowest BCUT2D eigenvalue weighted by atomic mass is 10.1. The molecule has 150 valence electrons. The molecule has 0 amide bonds. The molecule has 0 radical (unpaired) electrons. The van der Waals surface area contributed by atoms with Crippen molar-refractivity contribution in [1.29, 1.82) is 0 Å². The second-order valence-electron chi connectivity index (χ2n) is 7.92. The van der Waals surface area contributed by atoms with Gasteiger partial charge < -0.3 is 28.4 Å². The fourth-order valence-corrected chi connectivity index (χ4v) is 4.30. The van der Waals surface area contributed by atoms with Crippen LogP contribution in [0.4, 0.5) is 0 Å². The van der Waals surface area contributed by atoms with Gasteiger partial charge in [-0.1, -0.05) is 23.7 Å². The molecule has 0 saturated carbocycles. The van der Waals surface area contributed by atoms with Crippen molar-refractivity contribution in [2.45, 2.75) is 76.6 Å². The lowest BCUT2D eigenvalue weighted by Crippen LogP contribution is -2.44. The number of fused-ring (bicyclic) bond motifs is 1. The van der Waals surface area contributed by atoms with Crippen molar-refractivity contribution < 1.29 is 28.4 Å². The van der Waals surface area contributed by atoms with Crippen LogP contribution in [0.1, 0.15) is 33.3 Å². The van der Waals surface area contributed by atoms with Gasteiger partial charge in [-0.05, 0) is 55.3 Å². The van der Waals surface area contributed by atoms with Crippen LogP contribution in [0, 0.1) is 0 Å². The number of ether oxygens (including phenoxy) is 6. The maximum absolute atomic E-state index is 6.38. The van der Waals surface area contributed by atoms with E-state index < -0.39 is 17.9 Å². The van der Waals surface area contributed by atoms with Gasteiger partial charge in [0.2, 0.25) is 0 Å². The summed E-state index contributed by atoms with van der Waals surface area (Å²) >= 11 is 9.82. The van der Waals surface area contributed by atoms with Crippen LogP contribution >= 0.6 is 27.5 Å². The zero-order chi connectivity index (χ0) is 19.4. The summed E-state index contributed by atoms with van der Waals surface area (Å²) in [5, 5.41) is 0.634. The normalized spacial score (nSPS) is 36.9. The molecule has 6 nitrogen and oxygen atoms in total. The first-order valence-corrected chi connectivity index (χ1v) is 10.2. The molecule has 1 aromatic carbocycles. The standard InChI is InChI=1S/C19H24BrClO6/c1-18(2)23-9-12(25-18)14-15(16-17(24-14)27-19(3,4)26-16)22-8-10-6-5-7-11(20)13(10)21/h5-7,12,14-17H,8-9H2,1-4H3/t12-,14-,15+,16-,17-/m1/s1. The van der Waals surface area contributed by atoms with Crippen LogP contribution in [-0.4, -0.2) is 48.9 Å². The van der Waals surface area contributed by atoms with Gasteiger partial charge in [0.05, 0.1) is 18.2 Å². The van der Waals surface area contributed by atoms with E-state index in [1.165, 1.54) is 0 Å². The van der Waals surface area contributed by atoms with Gasteiger partial charge in [-0.3, -0.25) is 0 Å². The van der Waals surface area contributed by atoms with E-state index in [0.717, 1.165) is 10.0 Å². The van der Waals surface area contributed by atoms with E-state index in [0.29, 0.717) is 18.2 Å². The quantitative estimate of drug-likeness (QED) is 0.672. The Hall–Kier alpha value is -0.250. The highest BCUT2D eigenvalue weighted by Crippen LogP contribution is 2.42. The molecular formula is C19H24BrClO6. The Morgan fingerprint density at radius 2 is 1.89 bits per heavy atom. The van der Waals surface area contributed by atoms with Gasteiger partial charge in [-0.25, -0.2) is 0 Å². The predicted octanol–water partition coefficient (Wildman–Crippen LogP) is 4.02. The fourth-order valence-electron chi connectivity index (χ4n) is 3.72. The lowest BCUT2D eigenvalue weighted by Gasteiger charge is -2.29. The number of halogens is 2. The smallest absolute Gasteiger partial charge is 0.190 e. The van der Waals surface area contributed by atoms with Gasteiger partial charge in [0, 0.05) is 4.47 Å². The molecule has 3 aliphatic rings. The number of benzene rings is 1. The van der Waals surface area contributed by atoms with E-state index in [1.54, 1.807) is 0 Å². The molecule has 5 atom stereocenters. The van der Waals surface area contributed by atoms with E-state index >= 15 is 0 Å². The Kier molecular flexibility index (Phi) is 5.36. The highest BCUT2D eigenvalue weighted by molar-refractivity contribution is 9.10. The van der Waals surface area contributed by atoms with E-state index in [4.69, 9.17) is 40.0 Å². The first kappa shape index (κ1) is 20.0. The van der Waals surface area contributed by atoms with E-state index in [1.807, 2.05) is 45.9 Å². The van der Waals surface area contributed by atoms with Crippen LogP contribution in [0.2, 0.25) is 5.02 Å². The summed E-state index contributed by atoms with van der Waals surface area (Å²) in [6.07, 6.45) is -1.83. The van der Waals surface area contributed by atoms with Gasteiger partial charge in [0.15, 0.2) is 17.9 Å². The largest absolute Gasteiger partial charge is 0.368 e. The first-order chi connectivity index (χ1) is 12.7. The molecule has 1 aromatic rings. The Morgan fingerprint density at radius 3 is 2.59 bits per heavy atom.